The second-order valence-corrected chi connectivity index (χ2v) is 7.41. The summed E-state index contributed by atoms with van der Waals surface area (Å²) in [4.78, 5) is 4.67. The number of benzene rings is 2. The van der Waals surface area contributed by atoms with Gasteiger partial charge in [0.1, 0.15) is 11.6 Å². The van der Waals surface area contributed by atoms with Crippen molar-refractivity contribution < 1.29 is 13.2 Å². The van der Waals surface area contributed by atoms with Gasteiger partial charge in [0.05, 0.1) is 12.1 Å². The van der Waals surface area contributed by atoms with Gasteiger partial charge in [0.2, 0.25) is 11.8 Å². The summed E-state index contributed by atoms with van der Waals surface area (Å²) in [7, 11) is 0. The van der Waals surface area contributed by atoms with E-state index in [-0.39, 0.29) is 23.7 Å². The molecular formula is C22H24F2N4O. The van der Waals surface area contributed by atoms with Gasteiger partial charge < -0.3 is 4.42 Å². The van der Waals surface area contributed by atoms with Crippen LogP contribution in [0.4, 0.5) is 8.78 Å². The number of aryl methyl sites for hydroxylation is 1. The molecule has 2 aromatic carbocycles. The SMILES string of the molecule is Cc1nnc([C@H](C)N2CCN(C(c3ccc(F)cc3)c3ccc(F)cc3)CC2)o1. The molecule has 29 heavy (non-hydrogen) atoms. The van der Waals surface area contributed by atoms with Crippen molar-refractivity contribution in [3.63, 3.8) is 0 Å². The summed E-state index contributed by atoms with van der Waals surface area (Å²) < 4.78 is 32.5. The van der Waals surface area contributed by atoms with Crippen LogP contribution in [0.5, 0.6) is 0 Å². The summed E-state index contributed by atoms with van der Waals surface area (Å²) in [6, 6.07) is 13.1. The Labute approximate surface area is 169 Å². The largest absolute Gasteiger partial charge is 0.424 e. The highest BCUT2D eigenvalue weighted by Crippen LogP contribution is 2.31. The van der Waals surface area contributed by atoms with E-state index in [2.05, 4.69) is 26.9 Å². The van der Waals surface area contributed by atoms with E-state index in [4.69, 9.17) is 4.42 Å². The predicted molar refractivity (Wildman–Crippen MR) is 105 cm³/mol. The van der Waals surface area contributed by atoms with Gasteiger partial charge >= 0.3 is 0 Å². The van der Waals surface area contributed by atoms with E-state index in [1.165, 1.54) is 24.3 Å². The number of piperazine rings is 1. The Morgan fingerprint density at radius 3 is 1.72 bits per heavy atom. The molecule has 0 spiro atoms. The zero-order chi connectivity index (χ0) is 20.4. The average molecular weight is 398 g/mol. The van der Waals surface area contributed by atoms with Crippen molar-refractivity contribution in [2.75, 3.05) is 26.2 Å². The Morgan fingerprint density at radius 2 is 1.28 bits per heavy atom. The molecule has 4 rings (SSSR count). The van der Waals surface area contributed by atoms with Crippen LogP contribution in [-0.4, -0.2) is 46.2 Å². The summed E-state index contributed by atoms with van der Waals surface area (Å²) in [6.07, 6.45) is 0. The van der Waals surface area contributed by atoms with Crippen LogP contribution >= 0.6 is 0 Å². The fraction of sp³-hybridized carbons (Fsp3) is 0.364. The summed E-state index contributed by atoms with van der Waals surface area (Å²) >= 11 is 0. The maximum atomic E-state index is 13.5. The van der Waals surface area contributed by atoms with E-state index in [1.807, 2.05) is 0 Å². The van der Waals surface area contributed by atoms with Crippen molar-refractivity contribution >= 4 is 0 Å². The molecule has 1 saturated heterocycles. The Kier molecular flexibility index (Phi) is 5.69. The van der Waals surface area contributed by atoms with Gasteiger partial charge in [0.15, 0.2) is 0 Å². The molecule has 7 heteroatoms. The number of hydrogen-bond donors (Lipinski definition) is 0. The number of rotatable bonds is 5. The molecule has 0 saturated carbocycles. The van der Waals surface area contributed by atoms with Crippen LogP contribution in [0.3, 0.4) is 0 Å². The molecule has 1 aliphatic rings. The summed E-state index contributed by atoms with van der Waals surface area (Å²) in [6.45, 7) is 7.16. The molecular weight excluding hydrogens is 374 g/mol. The molecule has 0 amide bonds. The highest BCUT2D eigenvalue weighted by Gasteiger charge is 2.30. The van der Waals surface area contributed by atoms with Crippen LogP contribution in [-0.2, 0) is 0 Å². The zero-order valence-electron chi connectivity index (χ0n) is 16.6. The minimum atomic E-state index is -0.264. The predicted octanol–water partition coefficient (Wildman–Crippen LogP) is 4.12. The van der Waals surface area contributed by atoms with Gasteiger partial charge in [-0.05, 0) is 42.3 Å². The lowest BCUT2D eigenvalue weighted by Crippen LogP contribution is -2.48. The molecule has 1 aliphatic heterocycles. The molecule has 1 atom stereocenters. The van der Waals surface area contributed by atoms with Crippen LogP contribution in [0.25, 0.3) is 0 Å². The van der Waals surface area contributed by atoms with Crippen molar-refractivity contribution in [2.24, 2.45) is 0 Å². The first-order chi connectivity index (χ1) is 14.0. The number of hydrogen-bond acceptors (Lipinski definition) is 5. The Hall–Kier alpha value is -2.64. The highest BCUT2D eigenvalue weighted by molar-refractivity contribution is 5.32. The molecule has 0 aliphatic carbocycles. The second kappa shape index (κ2) is 8.39. The Bertz CT molecular complexity index is 889. The average Bonchev–Trinajstić information content (AvgIpc) is 3.17. The van der Waals surface area contributed by atoms with Gasteiger partial charge in [-0.15, -0.1) is 10.2 Å². The lowest BCUT2D eigenvalue weighted by Gasteiger charge is -2.41. The van der Waals surface area contributed by atoms with Crippen molar-refractivity contribution in [3.05, 3.63) is 83.1 Å². The van der Waals surface area contributed by atoms with Crippen LogP contribution in [0.1, 0.15) is 41.9 Å². The lowest BCUT2D eigenvalue weighted by molar-refractivity contribution is 0.0746. The monoisotopic (exact) mass is 398 g/mol. The van der Waals surface area contributed by atoms with Gasteiger partial charge in [-0.3, -0.25) is 9.80 Å². The quantitative estimate of drug-likeness (QED) is 0.647. The minimum absolute atomic E-state index is 0.0495. The highest BCUT2D eigenvalue weighted by atomic mass is 19.1. The molecule has 5 nitrogen and oxygen atoms in total. The molecule has 0 unspecified atom stereocenters. The third kappa shape index (κ3) is 4.36. The number of aromatic nitrogens is 2. The third-order valence-electron chi connectivity index (χ3n) is 5.53. The van der Waals surface area contributed by atoms with Crippen LogP contribution in [0, 0.1) is 18.6 Å². The summed E-state index contributed by atoms with van der Waals surface area (Å²) in [5, 5.41) is 8.07. The number of halogens is 2. The normalized spacial score (nSPS) is 17.0. The molecule has 3 aromatic rings. The third-order valence-corrected chi connectivity index (χ3v) is 5.53. The van der Waals surface area contributed by atoms with E-state index in [9.17, 15) is 8.78 Å². The van der Waals surface area contributed by atoms with Gasteiger partial charge in [-0.1, -0.05) is 24.3 Å². The molecule has 1 aromatic heterocycles. The summed E-state index contributed by atoms with van der Waals surface area (Å²) in [5.41, 5.74) is 1.99. The van der Waals surface area contributed by atoms with Crippen LogP contribution < -0.4 is 0 Å². The fourth-order valence-corrected chi connectivity index (χ4v) is 3.92. The maximum absolute atomic E-state index is 13.5. The standard InChI is InChI=1S/C22H24F2N4O/c1-15(22-26-25-16(2)29-22)27-11-13-28(14-12-27)21(17-3-7-19(23)8-4-17)18-5-9-20(24)10-6-18/h3-10,15,21H,11-14H2,1-2H3/t15-/m0/s1. The first-order valence-corrected chi connectivity index (χ1v) is 9.80. The molecule has 2 heterocycles. The molecule has 0 N–H and O–H groups in total. The summed E-state index contributed by atoms with van der Waals surface area (Å²) in [5.74, 6) is 0.669. The molecule has 152 valence electrons. The van der Waals surface area contributed by atoms with Crippen molar-refractivity contribution in [1.82, 2.24) is 20.0 Å². The topological polar surface area (TPSA) is 45.4 Å². The molecule has 0 bridgehead atoms. The zero-order valence-corrected chi connectivity index (χ0v) is 16.6. The van der Waals surface area contributed by atoms with E-state index in [1.54, 1.807) is 31.2 Å². The van der Waals surface area contributed by atoms with Gasteiger partial charge in [0, 0.05) is 33.1 Å². The fourth-order valence-electron chi connectivity index (χ4n) is 3.92. The van der Waals surface area contributed by atoms with E-state index < -0.39 is 0 Å². The first kappa shape index (κ1) is 19.7. The van der Waals surface area contributed by atoms with Crippen molar-refractivity contribution in [3.8, 4) is 0 Å². The Balaban J connectivity index is 1.53. The van der Waals surface area contributed by atoms with Gasteiger partial charge in [-0.25, -0.2) is 8.78 Å². The van der Waals surface area contributed by atoms with E-state index in [0.717, 1.165) is 37.3 Å². The van der Waals surface area contributed by atoms with E-state index >= 15 is 0 Å². The van der Waals surface area contributed by atoms with E-state index in [0.29, 0.717) is 11.8 Å². The van der Waals surface area contributed by atoms with Crippen molar-refractivity contribution in [2.45, 2.75) is 25.9 Å². The number of nitrogens with zero attached hydrogens (tertiary/aromatic N) is 4. The maximum Gasteiger partial charge on any atom is 0.233 e. The van der Waals surface area contributed by atoms with Crippen LogP contribution in [0.15, 0.2) is 52.9 Å². The van der Waals surface area contributed by atoms with Crippen molar-refractivity contribution in [1.29, 1.82) is 0 Å². The minimum Gasteiger partial charge on any atom is -0.424 e. The second-order valence-electron chi connectivity index (χ2n) is 7.41. The lowest BCUT2D eigenvalue weighted by atomic mass is 9.96. The molecule has 0 radical (unpaired) electrons. The molecule has 1 fully saturated rings. The van der Waals surface area contributed by atoms with Gasteiger partial charge in [0.25, 0.3) is 0 Å². The first-order valence-electron chi connectivity index (χ1n) is 9.80. The Morgan fingerprint density at radius 1 is 0.793 bits per heavy atom. The van der Waals surface area contributed by atoms with Gasteiger partial charge in [-0.2, -0.15) is 0 Å². The van der Waals surface area contributed by atoms with Crippen LogP contribution in [0.2, 0.25) is 0 Å². The smallest absolute Gasteiger partial charge is 0.233 e.